The molecule has 0 aliphatic rings. The third kappa shape index (κ3) is 4.63. The van der Waals surface area contributed by atoms with Crippen LogP contribution >= 0.6 is 0 Å². The fraction of sp³-hybridized carbons (Fsp3) is 0.176. The first-order valence-corrected chi connectivity index (χ1v) is 7.06. The fourth-order valence-electron chi connectivity index (χ4n) is 1.97. The van der Waals surface area contributed by atoms with Crippen LogP contribution in [0.3, 0.4) is 0 Å². The number of hydrogen-bond acceptors (Lipinski definition) is 2. The molecule has 0 unspecified atom stereocenters. The lowest BCUT2D eigenvalue weighted by molar-refractivity contribution is 0.100. The maximum absolute atomic E-state index is 11.0. The van der Waals surface area contributed by atoms with Gasteiger partial charge in [-0.15, -0.1) is 0 Å². The van der Waals surface area contributed by atoms with Crippen molar-refractivity contribution in [3.8, 4) is 0 Å². The number of aliphatic imine (C=N–C) groups is 1. The standard InChI is InChI=1S/C17H20N4O/c1-19-17(20-11-13-5-3-2-4-6-13)21-12-14-7-9-15(10-8-14)16(18)22/h2-10H,11-12H2,1H3,(H2,18,22)(H2,19,20,21). The van der Waals surface area contributed by atoms with Crippen LogP contribution < -0.4 is 16.4 Å². The van der Waals surface area contributed by atoms with E-state index in [1.807, 2.05) is 30.3 Å². The molecule has 4 N–H and O–H groups in total. The van der Waals surface area contributed by atoms with Crippen molar-refractivity contribution in [2.45, 2.75) is 13.1 Å². The van der Waals surface area contributed by atoms with Crippen LogP contribution in [0.25, 0.3) is 0 Å². The summed E-state index contributed by atoms with van der Waals surface area (Å²) in [6.45, 7) is 1.33. The summed E-state index contributed by atoms with van der Waals surface area (Å²) in [5, 5.41) is 6.48. The first-order valence-electron chi connectivity index (χ1n) is 7.06. The molecule has 0 bridgehead atoms. The summed E-state index contributed by atoms with van der Waals surface area (Å²) in [5.74, 6) is 0.308. The van der Waals surface area contributed by atoms with Gasteiger partial charge in [0.1, 0.15) is 0 Å². The van der Waals surface area contributed by atoms with Crippen molar-refractivity contribution in [3.63, 3.8) is 0 Å². The van der Waals surface area contributed by atoms with Gasteiger partial charge in [0, 0.05) is 25.7 Å². The molecule has 0 aliphatic carbocycles. The summed E-state index contributed by atoms with van der Waals surface area (Å²) in [4.78, 5) is 15.2. The van der Waals surface area contributed by atoms with Crippen LogP contribution in [0.4, 0.5) is 0 Å². The molecule has 2 aromatic carbocycles. The Labute approximate surface area is 130 Å². The highest BCUT2D eigenvalue weighted by atomic mass is 16.1. The van der Waals surface area contributed by atoms with Crippen LogP contribution in [0, 0.1) is 0 Å². The average molecular weight is 296 g/mol. The topological polar surface area (TPSA) is 79.5 Å². The van der Waals surface area contributed by atoms with Crippen LogP contribution in [-0.4, -0.2) is 18.9 Å². The second-order valence-electron chi connectivity index (χ2n) is 4.83. The third-order valence-corrected chi connectivity index (χ3v) is 3.22. The maximum Gasteiger partial charge on any atom is 0.248 e. The number of benzene rings is 2. The number of guanidine groups is 1. The Morgan fingerprint density at radius 1 is 0.955 bits per heavy atom. The average Bonchev–Trinajstić information content (AvgIpc) is 2.56. The van der Waals surface area contributed by atoms with Gasteiger partial charge >= 0.3 is 0 Å². The molecule has 22 heavy (non-hydrogen) atoms. The van der Waals surface area contributed by atoms with Gasteiger partial charge in [0.15, 0.2) is 5.96 Å². The van der Waals surface area contributed by atoms with E-state index in [0.29, 0.717) is 18.7 Å². The van der Waals surface area contributed by atoms with Crippen molar-refractivity contribution in [1.29, 1.82) is 0 Å². The lowest BCUT2D eigenvalue weighted by Crippen LogP contribution is -2.36. The Balaban J connectivity index is 1.84. The Hall–Kier alpha value is -2.82. The van der Waals surface area contributed by atoms with Crippen LogP contribution in [0.15, 0.2) is 59.6 Å². The Morgan fingerprint density at radius 2 is 1.50 bits per heavy atom. The van der Waals surface area contributed by atoms with Gasteiger partial charge < -0.3 is 16.4 Å². The summed E-state index contributed by atoms with van der Waals surface area (Å²) in [6.07, 6.45) is 0. The quantitative estimate of drug-likeness (QED) is 0.580. The smallest absolute Gasteiger partial charge is 0.248 e. The summed E-state index contributed by atoms with van der Waals surface area (Å²) >= 11 is 0. The highest BCUT2D eigenvalue weighted by molar-refractivity contribution is 5.92. The first-order chi connectivity index (χ1) is 10.7. The SMILES string of the molecule is CN=C(NCc1ccccc1)NCc1ccc(C(N)=O)cc1. The minimum Gasteiger partial charge on any atom is -0.366 e. The molecule has 5 nitrogen and oxygen atoms in total. The number of nitrogens with two attached hydrogens (primary N) is 1. The van der Waals surface area contributed by atoms with Gasteiger partial charge in [-0.25, -0.2) is 0 Å². The number of nitrogens with zero attached hydrogens (tertiary/aromatic N) is 1. The molecule has 0 spiro atoms. The van der Waals surface area contributed by atoms with Crippen molar-refractivity contribution in [3.05, 3.63) is 71.3 Å². The molecule has 0 aliphatic heterocycles. The molecule has 2 rings (SSSR count). The van der Waals surface area contributed by atoms with Gasteiger partial charge in [-0.2, -0.15) is 0 Å². The predicted octanol–water partition coefficient (Wildman–Crippen LogP) is 1.65. The summed E-state index contributed by atoms with van der Waals surface area (Å²) in [7, 11) is 1.73. The molecule has 0 aromatic heterocycles. The predicted molar refractivity (Wildman–Crippen MR) is 88.4 cm³/mol. The molecule has 0 atom stereocenters. The summed E-state index contributed by atoms with van der Waals surface area (Å²) < 4.78 is 0. The monoisotopic (exact) mass is 296 g/mol. The van der Waals surface area contributed by atoms with Gasteiger partial charge in [-0.3, -0.25) is 9.79 Å². The molecule has 0 radical (unpaired) electrons. The van der Waals surface area contributed by atoms with E-state index < -0.39 is 5.91 Å². The van der Waals surface area contributed by atoms with E-state index in [9.17, 15) is 4.79 Å². The number of amides is 1. The van der Waals surface area contributed by atoms with Gasteiger partial charge in [0.05, 0.1) is 0 Å². The Kier molecular flexibility index (Phi) is 5.54. The molecule has 2 aromatic rings. The van der Waals surface area contributed by atoms with Crippen molar-refractivity contribution >= 4 is 11.9 Å². The zero-order chi connectivity index (χ0) is 15.8. The number of carbonyl (C=O) groups is 1. The van der Waals surface area contributed by atoms with Crippen LogP contribution in [0.5, 0.6) is 0 Å². The van der Waals surface area contributed by atoms with Gasteiger partial charge in [-0.1, -0.05) is 42.5 Å². The summed E-state index contributed by atoms with van der Waals surface area (Å²) in [5.41, 5.74) is 7.97. The maximum atomic E-state index is 11.0. The van der Waals surface area contributed by atoms with Crippen LogP contribution in [0.1, 0.15) is 21.5 Å². The Bertz CT molecular complexity index is 635. The van der Waals surface area contributed by atoms with Crippen molar-refractivity contribution < 1.29 is 4.79 Å². The molecule has 0 saturated heterocycles. The molecular formula is C17H20N4O. The molecule has 0 heterocycles. The third-order valence-electron chi connectivity index (χ3n) is 3.22. The zero-order valence-corrected chi connectivity index (χ0v) is 12.5. The highest BCUT2D eigenvalue weighted by Crippen LogP contribution is 2.03. The van der Waals surface area contributed by atoms with E-state index in [1.54, 1.807) is 19.2 Å². The molecule has 114 valence electrons. The fourth-order valence-corrected chi connectivity index (χ4v) is 1.97. The largest absolute Gasteiger partial charge is 0.366 e. The Morgan fingerprint density at radius 3 is 2.00 bits per heavy atom. The lowest BCUT2D eigenvalue weighted by atomic mass is 10.1. The molecular weight excluding hydrogens is 276 g/mol. The lowest BCUT2D eigenvalue weighted by Gasteiger charge is -2.12. The van der Waals surface area contributed by atoms with E-state index in [2.05, 4.69) is 27.8 Å². The number of rotatable bonds is 5. The van der Waals surface area contributed by atoms with Crippen LogP contribution in [0.2, 0.25) is 0 Å². The van der Waals surface area contributed by atoms with E-state index in [0.717, 1.165) is 11.5 Å². The highest BCUT2D eigenvalue weighted by Gasteiger charge is 2.01. The number of hydrogen-bond donors (Lipinski definition) is 3. The molecule has 0 saturated carbocycles. The molecule has 0 fully saturated rings. The van der Waals surface area contributed by atoms with E-state index >= 15 is 0 Å². The van der Waals surface area contributed by atoms with Gasteiger partial charge in [0.2, 0.25) is 5.91 Å². The second kappa shape index (κ2) is 7.83. The normalized spacial score (nSPS) is 11.0. The number of carbonyl (C=O) groups excluding carboxylic acids is 1. The van der Waals surface area contributed by atoms with E-state index in [4.69, 9.17) is 5.73 Å². The zero-order valence-electron chi connectivity index (χ0n) is 12.5. The van der Waals surface area contributed by atoms with Crippen molar-refractivity contribution in [2.24, 2.45) is 10.7 Å². The van der Waals surface area contributed by atoms with E-state index in [1.165, 1.54) is 5.56 Å². The second-order valence-corrected chi connectivity index (χ2v) is 4.83. The van der Waals surface area contributed by atoms with Gasteiger partial charge in [-0.05, 0) is 23.3 Å². The summed E-state index contributed by atoms with van der Waals surface area (Å²) in [6, 6.07) is 17.3. The molecule has 1 amide bonds. The van der Waals surface area contributed by atoms with E-state index in [-0.39, 0.29) is 0 Å². The number of primary amides is 1. The minimum atomic E-state index is -0.417. The van der Waals surface area contributed by atoms with Gasteiger partial charge in [0.25, 0.3) is 0 Å². The van der Waals surface area contributed by atoms with Crippen molar-refractivity contribution in [2.75, 3.05) is 7.05 Å². The number of nitrogens with one attached hydrogen (secondary N) is 2. The van der Waals surface area contributed by atoms with Crippen molar-refractivity contribution in [1.82, 2.24) is 10.6 Å². The molecule has 5 heteroatoms. The van der Waals surface area contributed by atoms with Crippen LogP contribution in [-0.2, 0) is 13.1 Å². The first kappa shape index (κ1) is 15.6. The minimum absolute atomic E-state index is 0.417.